The van der Waals surface area contributed by atoms with Gasteiger partial charge in [-0.25, -0.2) is 0 Å². The van der Waals surface area contributed by atoms with E-state index in [1.165, 1.54) is 31.4 Å². The molecule has 3 nitrogen and oxygen atoms in total. The Bertz CT molecular complexity index is 569. The van der Waals surface area contributed by atoms with Gasteiger partial charge in [-0.15, -0.1) is 0 Å². The van der Waals surface area contributed by atoms with Crippen LogP contribution >= 0.6 is 0 Å². The van der Waals surface area contributed by atoms with Gasteiger partial charge in [0.25, 0.3) is 10.1 Å². The first-order valence-corrected chi connectivity index (χ1v) is 9.50. The maximum absolute atomic E-state index is 11.1. The molecule has 0 fully saturated rings. The van der Waals surface area contributed by atoms with Gasteiger partial charge in [0.2, 0.25) is 0 Å². The maximum atomic E-state index is 11.1. The lowest BCUT2D eigenvalue weighted by atomic mass is 9.74. The molecule has 0 bridgehead atoms. The summed E-state index contributed by atoms with van der Waals surface area (Å²) < 4.78 is 31.3. The van der Waals surface area contributed by atoms with Crippen LogP contribution in [0.15, 0.2) is 29.2 Å². The largest absolute Gasteiger partial charge is 0.294 e. The molecule has 0 amide bonds. The normalized spacial score (nSPS) is 13.4. The summed E-state index contributed by atoms with van der Waals surface area (Å²) in [4.78, 5) is -0.0460. The van der Waals surface area contributed by atoms with Gasteiger partial charge < -0.3 is 0 Å². The zero-order valence-electron chi connectivity index (χ0n) is 14.5. The standard InChI is InChI=1S/C18H30O3S/c1-6-7-12-17(2,3)13-14-18(4,5)15-8-10-16(11-9-15)22(19,20)21/h8-11H,6-7,12-14H2,1-5H3,(H,19,20,21). The topological polar surface area (TPSA) is 54.4 Å². The van der Waals surface area contributed by atoms with Crippen LogP contribution in [0.2, 0.25) is 0 Å². The molecule has 0 aliphatic heterocycles. The SMILES string of the molecule is CCCCC(C)(C)CCC(C)(C)c1ccc(S(=O)(=O)O)cc1. The van der Waals surface area contributed by atoms with Crippen LogP contribution in [0.3, 0.4) is 0 Å². The Labute approximate surface area is 135 Å². The van der Waals surface area contributed by atoms with Crippen LogP contribution in [0.5, 0.6) is 0 Å². The van der Waals surface area contributed by atoms with E-state index in [1.807, 2.05) is 12.1 Å². The van der Waals surface area contributed by atoms with E-state index in [0.29, 0.717) is 5.41 Å². The van der Waals surface area contributed by atoms with E-state index in [4.69, 9.17) is 4.55 Å². The Morgan fingerprint density at radius 1 is 0.955 bits per heavy atom. The minimum absolute atomic E-state index is 0.0127. The van der Waals surface area contributed by atoms with Crippen molar-refractivity contribution in [3.63, 3.8) is 0 Å². The summed E-state index contributed by atoms with van der Waals surface area (Å²) in [6, 6.07) is 6.58. The molecule has 0 aliphatic rings. The molecule has 0 saturated heterocycles. The summed E-state index contributed by atoms with van der Waals surface area (Å²) in [5, 5.41) is 0. The summed E-state index contributed by atoms with van der Waals surface area (Å²) in [5.74, 6) is 0. The molecule has 0 atom stereocenters. The quantitative estimate of drug-likeness (QED) is 0.667. The molecule has 1 aromatic rings. The summed E-state index contributed by atoms with van der Waals surface area (Å²) in [6.07, 6.45) is 5.91. The second-order valence-corrected chi connectivity index (χ2v) is 9.07. The number of rotatable bonds is 8. The van der Waals surface area contributed by atoms with Crippen molar-refractivity contribution in [2.45, 2.75) is 77.0 Å². The summed E-state index contributed by atoms with van der Waals surface area (Å²) in [5.41, 5.74) is 1.43. The fraction of sp³-hybridized carbons (Fsp3) is 0.667. The van der Waals surface area contributed by atoms with Crippen LogP contribution in [0.1, 0.15) is 72.3 Å². The van der Waals surface area contributed by atoms with E-state index in [9.17, 15) is 8.42 Å². The fourth-order valence-corrected chi connectivity index (χ4v) is 3.13. The van der Waals surface area contributed by atoms with Gasteiger partial charge in [0, 0.05) is 0 Å². The lowest BCUT2D eigenvalue weighted by Gasteiger charge is -2.32. The van der Waals surface area contributed by atoms with Gasteiger partial charge in [0.1, 0.15) is 0 Å². The first-order chi connectivity index (χ1) is 9.98. The van der Waals surface area contributed by atoms with Crippen molar-refractivity contribution in [1.29, 1.82) is 0 Å². The van der Waals surface area contributed by atoms with E-state index >= 15 is 0 Å². The van der Waals surface area contributed by atoms with Crippen molar-refractivity contribution in [1.82, 2.24) is 0 Å². The number of hydrogen-bond acceptors (Lipinski definition) is 2. The van der Waals surface area contributed by atoms with Crippen LogP contribution in [0, 0.1) is 5.41 Å². The highest BCUT2D eigenvalue weighted by Crippen LogP contribution is 2.36. The summed E-state index contributed by atoms with van der Waals surface area (Å²) in [6.45, 7) is 11.2. The third-order valence-corrected chi connectivity index (χ3v) is 5.44. The molecule has 0 aromatic heterocycles. The van der Waals surface area contributed by atoms with Crippen LogP contribution in [-0.2, 0) is 15.5 Å². The van der Waals surface area contributed by atoms with Crippen LogP contribution in [0.4, 0.5) is 0 Å². The van der Waals surface area contributed by atoms with Gasteiger partial charge >= 0.3 is 0 Å². The zero-order valence-corrected chi connectivity index (χ0v) is 15.3. The Balaban J connectivity index is 2.78. The van der Waals surface area contributed by atoms with Gasteiger partial charge in [-0.2, -0.15) is 8.42 Å². The van der Waals surface area contributed by atoms with Gasteiger partial charge in [-0.1, -0.05) is 59.6 Å². The first kappa shape index (κ1) is 19.2. The molecule has 1 N–H and O–H groups in total. The molecule has 1 aromatic carbocycles. The van der Waals surface area contributed by atoms with Crippen molar-refractivity contribution in [2.24, 2.45) is 5.41 Å². The monoisotopic (exact) mass is 326 g/mol. The van der Waals surface area contributed by atoms with E-state index < -0.39 is 10.1 Å². The van der Waals surface area contributed by atoms with Gasteiger partial charge in [0.05, 0.1) is 4.90 Å². The Morgan fingerprint density at radius 3 is 1.95 bits per heavy atom. The Morgan fingerprint density at radius 2 is 1.50 bits per heavy atom. The van der Waals surface area contributed by atoms with Gasteiger partial charge in [-0.05, 0) is 47.8 Å². The lowest BCUT2D eigenvalue weighted by molar-refractivity contribution is 0.261. The molecule has 0 spiro atoms. The van der Waals surface area contributed by atoms with Crippen LogP contribution in [-0.4, -0.2) is 13.0 Å². The highest BCUT2D eigenvalue weighted by atomic mass is 32.2. The van der Waals surface area contributed by atoms with E-state index in [-0.39, 0.29) is 10.3 Å². The zero-order chi connectivity index (χ0) is 17.0. The van der Waals surface area contributed by atoms with Crippen LogP contribution < -0.4 is 0 Å². The number of unbranched alkanes of at least 4 members (excludes halogenated alkanes) is 1. The molecule has 22 heavy (non-hydrogen) atoms. The van der Waals surface area contributed by atoms with Crippen molar-refractivity contribution in [2.75, 3.05) is 0 Å². The molecule has 1 rings (SSSR count). The van der Waals surface area contributed by atoms with Crippen molar-refractivity contribution >= 4 is 10.1 Å². The summed E-state index contributed by atoms with van der Waals surface area (Å²) in [7, 11) is -4.11. The van der Waals surface area contributed by atoms with Crippen LogP contribution in [0.25, 0.3) is 0 Å². The molecule has 0 saturated carbocycles. The van der Waals surface area contributed by atoms with Crippen molar-refractivity contribution in [3.8, 4) is 0 Å². The van der Waals surface area contributed by atoms with Gasteiger partial charge in [0.15, 0.2) is 0 Å². The highest BCUT2D eigenvalue weighted by molar-refractivity contribution is 7.85. The van der Waals surface area contributed by atoms with Gasteiger partial charge in [-0.3, -0.25) is 4.55 Å². The third-order valence-electron chi connectivity index (χ3n) is 4.57. The molecule has 0 aliphatic carbocycles. The maximum Gasteiger partial charge on any atom is 0.294 e. The fourth-order valence-electron chi connectivity index (χ4n) is 2.65. The first-order valence-electron chi connectivity index (χ1n) is 8.06. The average molecular weight is 327 g/mol. The van der Waals surface area contributed by atoms with E-state index in [0.717, 1.165) is 18.4 Å². The molecule has 126 valence electrons. The predicted molar refractivity (Wildman–Crippen MR) is 91.8 cm³/mol. The Hall–Kier alpha value is -0.870. The molecular formula is C18H30O3S. The molecular weight excluding hydrogens is 296 g/mol. The van der Waals surface area contributed by atoms with Crippen molar-refractivity contribution < 1.29 is 13.0 Å². The lowest BCUT2D eigenvalue weighted by Crippen LogP contribution is -2.22. The molecule has 4 heteroatoms. The minimum Gasteiger partial charge on any atom is -0.282 e. The van der Waals surface area contributed by atoms with Crippen molar-refractivity contribution in [3.05, 3.63) is 29.8 Å². The molecule has 0 unspecified atom stereocenters. The number of benzene rings is 1. The highest BCUT2D eigenvalue weighted by Gasteiger charge is 2.26. The molecule has 0 heterocycles. The second kappa shape index (κ2) is 7.14. The average Bonchev–Trinajstić information content (AvgIpc) is 2.43. The van der Waals surface area contributed by atoms with E-state index in [1.54, 1.807) is 0 Å². The predicted octanol–water partition coefficient (Wildman–Crippen LogP) is 5.21. The van der Waals surface area contributed by atoms with E-state index in [2.05, 4.69) is 34.6 Å². The Kier molecular flexibility index (Phi) is 6.22. The minimum atomic E-state index is -4.11. The summed E-state index contributed by atoms with van der Waals surface area (Å²) >= 11 is 0. The molecule has 0 radical (unpaired) electrons. The second-order valence-electron chi connectivity index (χ2n) is 7.65. The smallest absolute Gasteiger partial charge is 0.282 e. The number of hydrogen-bond donors (Lipinski definition) is 1. The third kappa shape index (κ3) is 5.73.